The van der Waals surface area contributed by atoms with Crippen LogP contribution in [0.3, 0.4) is 0 Å². The van der Waals surface area contributed by atoms with Crippen LogP contribution in [0.25, 0.3) is 11.3 Å². The summed E-state index contributed by atoms with van der Waals surface area (Å²) in [7, 11) is 0. The van der Waals surface area contributed by atoms with Crippen LogP contribution in [0, 0.1) is 6.92 Å². The number of amides is 1. The zero-order valence-electron chi connectivity index (χ0n) is 17.7. The largest absolute Gasteiger partial charge is 0.378 e. The van der Waals surface area contributed by atoms with E-state index in [4.69, 9.17) is 9.72 Å². The van der Waals surface area contributed by atoms with Crippen molar-refractivity contribution in [2.24, 2.45) is 0 Å². The number of morpholine rings is 1. The Bertz CT molecular complexity index is 1130. The van der Waals surface area contributed by atoms with Gasteiger partial charge in [0.05, 0.1) is 43.2 Å². The fourth-order valence-corrected chi connectivity index (χ4v) is 3.31. The van der Waals surface area contributed by atoms with Crippen molar-refractivity contribution in [3.05, 3.63) is 59.9 Å². The van der Waals surface area contributed by atoms with Crippen LogP contribution < -0.4 is 10.2 Å². The van der Waals surface area contributed by atoms with Crippen molar-refractivity contribution < 1.29 is 18.3 Å². The van der Waals surface area contributed by atoms with Crippen molar-refractivity contribution in [2.45, 2.75) is 19.8 Å². The molecule has 0 radical (unpaired) electrons. The number of carbonyl (C=O) groups excluding carboxylic acids is 1. The van der Waals surface area contributed by atoms with Gasteiger partial charge in [-0.15, -0.1) is 0 Å². The van der Waals surface area contributed by atoms with E-state index in [1.807, 2.05) is 6.92 Å². The van der Waals surface area contributed by atoms with Crippen molar-refractivity contribution in [1.82, 2.24) is 19.9 Å². The van der Waals surface area contributed by atoms with E-state index in [0.717, 1.165) is 31.9 Å². The van der Waals surface area contributed by atoms with E-state index < -0.39 is 17.5 Å². The first kappa shape index (κ1) is 21.7. The molecule has 1 fully saturated rings. The molecule has 0 aliphatic carbocycles. The first-order valence-corrected chi connectivity index (χ1v) is 10.1. The summed E-state index contributed by atoms with van der Waals surface area (Å²) in [6.07, 6.45) is 6.03. The lowest BCUT2D eigenvalue weighted by Crippen LogP contribution is -2.36. The zero-order valence-corrected chi connectivity index (χ0v) is 17.7. The smallest absolute Gasteiger partial charge is 0.286 e. The molecular weight excluding hydrogens is 418 g/mol. The van der Waals surface area contributed by atoms with E-state index in [-0.39, 0.29) is 5.56 Å². The summed E-state index contributed by atoms with van der Waals surface area (Å²) in [5.41, 5.74) is 2.06. The van der Waals surface area contributed by atoms with Crippen molar-refractivity contribution in [2.75, 3.05) is 36.5 Å². The van der Waals surface area contributed by atoms with Gasteiger partial charge in [-0.2, -0.15) is 8.78 Å². The van der Waals surface area contributed by atoms with E-state index in [2.05, 4.69) is 25.2 Å². The topological polar surface area (TPSA) is 93.1 Å². The summed E-state index contributed by atoms with van der Waals surface area (Å²) in [5.74, 6) is -2.94. The second kappa shape index (κ2) is 8.91. The van der Waals surface area contributed by atoms with Crippen LogP contribution in [0.4, 0.5) is 20.3 Å². The SMILES string of the molecule is Cc1ncc(NC(=O)c2ccnc(C(C)(F)F)c2)cc1-c1cncc(N2CCOCC2)n1. The standard InChI is InChI=1S/C22H22F2N6O2/c1-14-17(18-12-25-13-20(29-18)30-5-7-32-8-6-30)10-16(11-27-14)28-21(31)15-3-4-26-19(9-15)22(2,23)24/h3-4,9-13H,5-8H2,1-2H3,(H,28,31). The molecule has 1 aliphatic heterocycles. The molecule has 1 N–H and O–H groups in total. The number of ether oxygens (including phenoxy) is 1. The number of nitrogens with one attached hydrogen (secondary N) is 1. The summed E-state index contributed by atoms with van der Waals surface area (Å²) in [4.78, 5) is 31.7. The summed E-state index contributed by atoms with van der Waals surface area (Å²) in [5, 5.41) is 2.70. The Morgan fingerprint density at radius 1 is 1.16 bits per heavy atom. The van der Waals surface area contributed by atoms with Crippen molar-refractivity contribution in [3.63, 3.8) is 0 Å². The summed E-state index contributed by atoms with van der Waals surface area (Å²) >= 11 is 0. The Kier molecular flexibility index (Phi) is 6.04. The van der Waals surface area contributed by atoms with Crippen LogP contribution in [-0.2, 0) is 10.7 Å². The quantitative estimate of drug-likeness (QED) is 0.650. The zero-order chi connectivity index (χ0) is 22.7. The Balaban J connectivity index is 1.58. The predicted molar refractivity (Wildman–Crippen MR) is 115 cm³/mol. The number of alkyl halides is 2. The number of anilines is 2. The second-order valence-electron chi connectivity index (χ2n) is 7.49. The molecule has 8 nitrogen and oxygen atoms in total. The van der Waals surface area contributed by atoms with E-state index in [9.17, 15) is 13.6 Å². The van der Waals surface area contributed by atoms with Crippen molar-refractivity contribution >= 4 is 17.4 Å². The van der Waals surface area contributed by atoms with Crippen LogP contribution in [0.5, 0.6) is 0 Å². The minimum Gasteiger partial charge on any atom is -0.378 e. The highest BCUT2D eigenvalue weighted by atomic mass is 19.3. The number of pyridine rings is 2. The lowest BCUT2D eigenvalue weighted by Gasteiger charge is -2.27. The van der Waals surface area contributed by atoms with Gasteiger partial charge in [-0.1, -0.05) is 0 Å². The maximum Gasteiger partial charge on any atom is 0.286 e. The van der Waals surface area contributed by atoms with Gasteiger partial charge in [0.1, 0.15) is 11.5 Å². The number of hydrogen-bond acceptors (Lipinski definition) is 7. The average molecular weight is 440 g/mol. The summed E-state index contributed by atoms with van der Waals surface area (Å²) < 4.78 is 32.5. The number of hydrogen-bond donors (Lipinski definition) is 1. The monoisotopic (exact) mass is 440 g/mol. The third-order valence-electron chi connectivity index (χ3n) is 5.05. The van der Waals surface area contributed by atoms with Crippen LogP contribution in [0.1, 0.15) is 28.7 Å². The molecule has 0 spiro atoms. The molecule has 3 aromatic heterocycles. The molecular formula is C22H22F2N6O2. The summed E-state index contributed by atoms with van der Waals surface area (Å²) in [6.45, 7) is 5.30. The van der Waals surface area contributed by atoms with Gasteiger partial charge in [0.25, 0.3) is 11.8 Å². The minimum absolute atomic E-state index is 0.0766. The average Bonchev–Trinajstić information content (AvgIpc) is 2.80. The van der Waals surface area contributed by atoms with E-state index in [1.165, 1.54) is 18.5 Å². The molecule has 4 heterocycles. The molecule has 1 saturated heterocycles. The fourth-order valence-electron chi connectivity index (χ4n) is 3.31. The molecule has 0 unspecified atom stereocenters. The van der Waals surface area contributed by atoms with Crippen molar-refractivity contribution in [3.8, 4) is 11.3 Å². The highest BCUT2D eigenvalue weighted by Gasteiger charge is 2.27. The highest BCUT2D eigenvalue weighted by Crippen LogP contribution is 2.27. The molecule has 0 aromatic carbocycles. The molecule has 1 aliphatic rings. The predicted octanol–water partition coefficient (Wildman–Crippen LogP) is 3.44. The van der Waals surface area contributed by atoms with E-state index >= 15 is 0 Å². The van der Waals surface area contributed by atoms with Crippen molar-refractivity contribution in [1.29, 1.82) is 0 Å². The van der Waals surface area contributed by atoms with Gasteiger partial charge in [0.2, 0.25) is 0 Å². The number of rotatable bonds is 5. The van der Waals surface area contributed by atoms with Gasteiger partial charge in [-0.05, 0) is 25.1 Å². The molecule has 4 rings (SSSR count). The number of nitrogens with zero attached hydrogens (tertiary/aromatic N) is 5. The number of aromatic nitrogens is 4. The Labute approximate surface area is 183 Å². The van der Waals surface area contributed by atoms with E-state index in [1.54, 1.807) is 18.5 Å². The van der Waals surface area contributed by atoms with Gasteiger partial charge in [-0.25, -0.2) is 4.98 Å². The van der Waals surface area contributed by atoms with E-state index in [0.29, 0.717) is 35.9 Å². The third kappa shape index (κ3) is 4.86. The lowest BCUT2D eigenvalue weighted by molar-refractivity contribution is 0.0127. The number of halogens is 2. The molecule has 0 atom stereocenters. The first-order valence-electron chi connectivity index (χ1n) is 10.1. The molecule has 0 saturated carbocycles. The Hall–Kier alpha value is -3.53. The molecule has 10 heteroatoms. The fraction of sp³-hybridized carbons (Fsp3) is 0.318. The van der Waals surface area contributed by atoms with Gasteiger partial charge < -0.3 is 15.0 Å². The summed E-state index contributed by atoms with van der Waals surface area (Å²) in [6, 6.07) is 4.20. The van der Waals surface area contributed by atoms with Gasteiger partial charge in [0, 0.05) is 43.0 Å². The normalized spacial score (nSPS) is 14.3. The third-order valence-corrected chi connectivity index (χ3v) is 5.05. The molecule has 3 aromatic rings. The Morgan fingerprint density at radius 2 is 1.94 bits per heavy atom. The molecule has 1 amide bonds. The van der Waals surface area contributed by atoms with Gasteiger partial charge >= 0.3 is 0 Å². The second-order valence-corrected chi connectivity index (χ2v) is 7.49. The first-order chi connectivity index (χ1) is 15.3. The lowest BCUT2D eigenvalue weighted by atomic mass is 10.1. The molecule has 0 bridgehead atoms. The van der Waals surface area contributed by atoms with Gasteiger partial charge in [-0.3, -0.25) is 19.7 Å². The number of aryl methyl sites for hydroxylation is 1. The van der Waals surface area contributed by atoms with Crippen LogP contribution >= 0.6 is 0 Å². The van der Waals surface area contributed by atoms with Crippen LogP contribution in [0.15, 0.2) is 43.0 Å². The van der Waals surface area contributed by atoms with Gasteiger partial charge in [0.15, 0.2) is 0 Å². The molecule has 32 heavy (non-hydrogen) atoms. The van der Waals surface area contributed by atoms with Crippen LogP contribution in [-0.4, -0.2) is 52.1 Å². The highest BCUT2D eigenvalue weighted by molar-refractivity contribution is 6.04. The maximum absolute atomic E-state index is 13.5. The van der Waals surface area contributed by atoms with Crippen LogP contribution in [0.2, 0.25) is 0 Å². The Morgan fingerprint density at radius 3 is 2.69 bits per heavy atom. The number of carbonyl (C=O) groups is 1. The minimum atomic E-state index is -3.14. The molecule has 166 valence electrons. The maximum atomic E-state index is 13.5.